The molecule has 0 spiro atoms. The Hall–Kier alpha value is -1.88. The highest BCUT2D eigenvalue weighted by molar-refractivity contribution is 5.95. The lowest BCUT2D eigenvalue weighted by molar-refractivity contribution is -0.919. The van der Waals surface area contributed by atoms with Gasteiger partial charge in [0.1, 0.15) is 0 Å². The first-order valence-corrected chi connectivity index (χ1v) is 9.23. The van der Waals surface area contributed by atoms with Gasteiger partial charge in [0, 0.05) is 18.5 Å². The lowest BCUT2D eigenvalue weighted by Crippen LogP contribution is -3.17. The van der Waals surface area contributed by atoms with Crippen LogP contribution in [0.5, 0.6) is 0 Å². The van der Waals surface area contributed by atoms with Crippen LogP contribution in [0.1, 0.15) is 43.4 Å². The minimum atomic E-state index is -0.136. The van der Waals surface area contributed by atoms with Crippen molar-refractivity contribution in [3.05, 3.63) is 28.8 Å². The zero-order valence-electron chi connectivity index (χ0n) is 16.1. The molecule has 1 heterocycles. The summed E-state index contributed by atoms with van der Waals surface area (Å²) in [4.78, 5) is 25.8. The fourth-order valence-electron chi connectivity index (χ4n) is 3.71. The SMILES string of the molecule is CCOC(=O)C1CC[NH+]([C@H](C)C(=O)Nc2c(C)cc(C)cc2C)CC1. The van der Waals surface area contributed by atoms with Crippen LogP contribution in [-0.4, -0.2) is 37.6 Å². The van der Waals surface area contributed by atoms with Crippen molar-refractivity contribution < 1.29 is 19.2 Å². The molecule has 1 atom stereocenters. The summed E-state index contributed by atoms with van der Waals surface area (Å²) in [6.45, 7) is 12.0. The van der Waals surface area contributed by atoms with Crippen LogP contribution >= 0.6 is 0 Å². The Bertz CT molecular complexity index is 611. The molecular weight excluding hydrogens is 316 g/mol. The van der Waals surface area contributed by atoms with Crippen LogP contribution in [0.15, 0.2) is 12.1 Å². The van der Waals surface area contributed by atoms with Crippen molar-refractivity contribution in [3.63, 3.8) is 0 Å². The molecule has 0 saturated carbocycles. The molecule has 1 saturated heterocycles. The number of carbonyl (C=O) groups excluding carboxylic acids is 2. The van der Waals surface area contributed by atoms with E-state index in [1.807, 2.05) is 27.7 Å². The van der Waals surface area contributed by atoms with Crippen molar-refractivity contribution in [2.75, 3.05) is 25.0 Å². The molecule has 5 nitrogen and oxygen atoms in total. The maximum absolute atomic E-state index is 12.7. The molecule has 0 bridgehead atoms. The van der Waals surface area contributed by atoms with Gasteiger partial charge in [-0.2, -0.15) is 0 Å². The third-order valence-corrected chi connectivity index (χ3v) is 5.18. The zero-order chi connectivity index (χ0) is 18.6. The number of piperidine rings is 1. The van der Waals surface area contributed by atoms with Gasteiger partial charge >= 0.3 is 5.97 Å². The number of hydrogen-bond acceptors (Lipinski definition) is 3. The van der Waals surface area contributed by atoms with Crippen LogP contribution in [0.25, 0.3) is 0 Å². The topological polar surface area (TPSA) is 59.8 Å². The van der Waals surface area contributed by atoms with Crippen molar-refractivity contribution in [1.82, 2.24) is 0 Å². The molecule has 1 aliphatic heterocycles. The number of likely N-dealkylation sites (tertiary alicyclic amines) is 1. The van der Waals surface area contributed by atoms with E-state index in [9.17, 15) is 9.59 Å². The van der Waals surface area contributed by atoms with Gasteiger partial charge in [0.05, 0.1) is 25.6 Å². The number of amides is 1. The first kappa shape index (κ1) is 19.4. The summed E-state index contributed by atoms with van der Waals surface area (Å²) >= 11 is 0. The second-order valence-electron chi connectivity index (χ2n) is 7.17. The molecular formula is C20H31N2O3+. The van der Waals surface area contributed by atoms with Gasteiger partial charge in [0.25, 0.3) is 5.91 Å². The normalized spacial score (nSPS) is 21.5. The van der Waals surface area contributed by atoms with Crippen LogP contribution in [-0.2, 0) is 14.3 Å². The minimum Gasteiger partial charge on any atom is -0.466 e. The number of rotatable bonds is 5. The molecule has 1 fully saturated rings. The maximum Gasteiger partial charge on any atom is 0.309 e. The molecule has 1 amide bonds. The van der Waals surface area contributed by atoms with Crippen LogP contribution in [0, 0.1) is 26.7 Å². The molecule has 0 aliphatic carbocycles. The van der Waals surface area contributed by atoms with Gasteiger partial charge in [-0.25, -0.2) is 0 Å². The Morgan fingerprint density at radius 1 is 1.20 bits per heavy atom. The Labute approximate surface area is 150 Å². The summed E-state index contributed by atoms with van der Waals surface area (Å²) < 4.78 is 5.11. The van der Waals surface area contributed by atoms with Gasteiger partial charge in [-0.1, -0.05) is 17.7 Å². The molecule has 2 N–H and O–H groups in total. The standard InChI is InChI=1S/C20H30N2O3/c1-6-25-20(24)17-7-9-22(10-8-17)16(5)19(23)21-18-14(3)11-13(2)12-15(18)4/h11-12,16-17H,6-10H2,1-5H3,(H,21,23)/p+1/t16-/m1/s1. The molecule has 138 valence electrons. The Morgan fingerprint density at radius 3 is 2.28 bits per heavy atom. The van der Waals surface area contributed by atoms with Gasteiger partial charge in [0.15, 0.2) is 6.04 Å². The molecule has 0 aromatic heterocycles. The number of nitrogens with one attached hydrogen (secondary N) is 2. The molecule has 2 rings (SSSR count). The summed E-state index contributed by atoms with van der Waals surface area (Å²) in [5.41, 5.74) is 4.30. The highest BCUT2D eigenvalue weighted by atomic mass is 16.5. The summed E-state index contributed by atoms with van der Waals surface area (Å²) in [6, 6.07) is 4.04. The number of ether oxygens (including phenoxy) is 1. The van der Waals surface area contributed by atoms with E-state index in [2.05, 4.69) is 24.4 Å². The van der Waals surface area contributed by atoms with E-state index < -0.39 is 0 Å². The van der Waals surface area contributed by atoms with Crippen molar-refractivity contribution in [1.29, 1.82) is 0 Å². The van der Waals surface area contributed by atoms with E-state index in [4.69, 9.17) is 4.74 Å². The summed E-state index contributed by atoms with van der Waals surface area (Å²) in [7, 11) is 0. The third-order valence-electron chi connectivity index (χ3n) is 5.18. The monoisotopic (exact) mass is 347 g/mol. The molecule has 1 aromatic rings. The number of aryl methyl sites for hydroxylation is 3. The summed E-state index contributed by atoms with van der Waals surface area (Å²) in [5, 5.41) is 3.11. The van der Waals surface area contributed by atoms with Gasteiger partial charge in [0.2, 0.25) is 0 Å². The second kappa shape index (κ2) is 8.48. The van der Waals surface area contributed by atoms with E-state index in [1.54, 1.807) is 0 Å². The average molecular weight is 347 g/mol. The maximum atomic E-state index is 12.7. The first-order chi connectivity index (χ1) is 11.8. The molecule has 0 radical (unpaired) electrons. The minimum absolute atomic E-state index is 0.0134. The van der Waals surface area contributed by atoms with Crippen molar-refractivity contribution in [3.8, 4) is 0 Å². The van der Waals surface area contributed by atoms with Gasteiger partial charge in [-0.3, -0.25) is 9.59 Å². The Morgan fingerprint density at radius 2 is 1.76 bits per heavy atom. The van der Waals surface area contributed by atoms with Crippen LogP contribution in [0.3, 0.4) is 0 Å². The van der Waals surface area contributed by atoms with Crippen molar-refractivity contribution in [2.45, 2.75) is 53.5 Å². The molecule has 25 heavy (non-hydrogen) atoms. The van der Waals surface area contributed by atoms with E-state index >= 15 is 0 Å². The smallest absolute Gasteiger partial charge is 0.309 e. The summed E-state index contributed by atoms with van der Waals surface area (Å²) in [5.74, 6) is -0.0650. The number of anilines is 1. The molecule has 1 aliphatic rings. The van der Waals surface area contributed by atoms with Gasteiger partial charge in [-0.15, -0.1) is 0 Å². The molecule has 0 unspecified atom stereocenters. The van der Waals surface area contributed by atoms with E-state index in [1.165, 1.54) is 10.5 Å². The van der Waals surface area contributed by atoms with Crippen molar-refractivity contribution in [2.24, 2.45) is 5.92 Å². The summed E-state index contributed by atoms with van der Waals surface area (Å²) in [6.07, 6.45) is 1.57. The predicted octanol–water partition coefficient (Wildman–Crippen LogP) is 1.80. The van der Waals surface area contributed by atoms with E-state index in [0.717, 1.165) is 42.7 Å². The number of quaternary nitrogens is 1. The Kier molecular flexibility index (Phi) is 6.59. The van der Waals surface area contributed by atoms with Crippen LogP contribution < -0.4 is 10.2 Å². The number of carbonyl (C=O) groups is 2. The number of esters is 1. The fourth-order valence-corrected chi connectivity index (χ4v) is 3.71. The van der Waals surface area contributed by atoms with Gasteiger partial charge in [-0.05, 0) is 45.7 Å². The van der Waals surface area contributed by atoms with E-state index in [0.29, 0.717) is 6.61 Å². The quantitative estimate of drug-likeness (QED) is 0.799. The van der Waals surface area contributed by atoms with Crippen molar-refractivity contribution >= 4 is 17.6 Å². The molecule has 1 aromatic carbocycles. The highest BCUT2D eigenvalue weighted by Crippen LogP contribution is 2.22. The zero-order valence-corrected chi connectivity index (χ0v) is 16.1. The Balaban J connectivity index is 1.94. The highest BCUT2D eigenvalue weighted by Gasteiger charge is 2.33. The lowest BCUT2D eigenvalue weighted by atomic mass is 9.96. The lowest BCUT2D eigenvalue weighted by Gasteiger charge is -2.31. The second-order valence-corrected chi connectivity index (χ2v) is 7.17. The third kappa shape index (κ3) is 4.82. The largest absolute Gasteiger partial charge is 0.466 e. The number of hydrogen-bond donors (Lipinski definition) is 2. The average Bonchev–Trinajstić information content (AvgIpc) is 2.57. The van der Waals surface area contributed by atoms with Crippen LogP contribution in [0.2, 0.25) is 0 Å². The first-order valence-electron chi connectivity index (χ1n) is 9.23. The van der Waals surface area contributed by atoms with Gasteiger partial charge < -0.3 is 15.0 Å². The van der Waals surface area contributed by atoms with E-state index in [-0.39, 0.29) is 23.8 Å². The fraction of sp³-hybridized carbons (Fsp3) is 0.600. The number of benzene rings is 1. The molecule has 5 heteroatoms. The van der Waals surface area contributed by atoms with Crippen LogP contribution in [0.4, 0.5) is 5.69 Å². The predicted molar refractivity (Wildman–Crippen MR) is 98.8 cm³/mol.